The highest BCUT2D eigenvalue weighted by molar-refractivity contribution is 5.51. The van der Waals surface area contributed by atoms with E-state index in [-0.39, 0.29) is 0 Å². The van der Waals surface area contributed by atoms with Crippen molar-refractivity contribution in [2.75, 3.05) is 30.8 Å². The number of likely N-dealkylation sites (N-methyl/N-ethyl adjacent to an activating group) is 1. The molecular formula is C11H16N4. The maximum absolute atomic E-state index is 5.59. The minimum atomic E-state index is 0.597. The lowest BCUT2D eigenvalue weighted by molar-refractivity contribution is 0.292. The minimum absolute atomic E-state index is 0.597. The first-order valence-electron chi connectivity index (χ1n) is 5.42. The first kappa shape index (κ1) is 8.97. The van der Waals surface area contributed by atoms with Crippen molar-refractivity contribution in [3.63, 3.8) is 0 Å². The van der Waals surface area contributed by atoms with Crippen molar-refractivity contribution < 1.29 is 0 Å². The molecule has 1 aromatic rings. The summed E-state index contributed by atoms with van der Waals surface area (Å²) < 4.78 is 0. The van der Waals surface area contributed by atoms with Crippen LogP contribution in [0.1, 0.15) is 6.42 Å². The standard InChI is InChI=1S/C11H16N4/c1-14-6-10-4-9(14)7-15(10)8-2-3-11(12)13-5-8/h2-3,5,9-10H,4,6-7H2,1H3,(H2,12,13)/t9-,10-/m0/s1. The summed E-state index contributed by atoms with van der Waals surface area (Å²) in [6.45, 7) is 2.31. The van der Waals surface area contributed by atoms with Crippen molar-refractivity contribution in [1.29, 1.82) is 0 Å². The molecule has 1 aromatic heterocycles. The lowest BCUT2D eigenvalue weighted by atomic mass is 10.2. The number of piperazine rings is 1. The van der Waals surface area contributed by atoms with Crippen molar-refractivity contribution in [2.45, 2.75) is 18.5 Å². The van der Waals surface area contributed by atoms with Gasteiger partial charge in [0.1, 0.15) is 5.82 Å². The van der Waals surface area contributed by atoms with Gasteiger partial charge in [0, 0.05) is 25.2 Å². The molecule has 0 radical (unpaired) electrons. The zero-order chi connectivity index (χ0) is 10.4. The maximum Gasteiger partial charge on any atom is 0.123 e. The van der Waals surface area contributed by atoms with E-state index in [0.717, 1.165) is 12.6 Å². The number of hydrogen-bond acceptors (Lipinski definition) is 4. The molecule has 80 valence electrons. The van der Waals surface area contributed by atoms with Gasteiger partial charge in [-0.2, -0.15) is 0 Å². The zero-order valence-electron chi connectivity index (χ0n) is 8.93. The highest BCUT2D eigenvalue weighted by Gasteiger charge is 2.41. The van der Waals surface area contributed by atoms with Gasteiger partial charge in [0.05, 0.1) is 11.9 Å². The quantitative estimate of drug-likeness (QED) is 0.726. The number of likely N-dealkylation sites (tertiary alicyclic amines) is 1. The molecule has 2 aliphatic heterocycles. The molecule has 2 fully saturated rings. The number of hydrogen-bond donors (Lipinski definition) is 1. The molecule has 0 saturated carbocycles. The molecule has 3 rings (SSSR count). The molecular weight excluding hydrogens is 188 g/mol. The Labute approximate surface area is 89.7 Å². The van der Waals surface area contributed by atoms with Crippen LogP contribution in [-0.2, 0) is 0 Å². The second-order valence-corrected chi connectivity index (χ2v) is 4.58. The van der Waals surface area contributed by atoms with Crippen LogP contribution in [0.2, 0.25) is 0 Å². The lowest BCUT2D eigenvalue weighted by Gasteiger charge is -2.33. The second kappa shape index (κ2) is 3.10. The fourth-order valence-corrected chi connectivity index (χ4v) is 2.75. The highest BCUT2D eigenvalue weighted by Crippen LogP contribution is 2.33. The van der Waals surface area contributed by atoms with Crippen molar-refractivity contribution >= 4 is 11.5 Å². The van der Waals surface area contributed by atoms with Gasteiger partial charge in [-0.05, 0) is 25.6 Å². The van der Waals surface area contributed by atoms with Crippen LogP contribution in [0.25, 0.3) is 0 Å². The molecule has 0 amide bonds. The van der Waals surface area contributed by atoms with E-state index < -0.39 is 0 Å². The predicted molar refractivity (Wildman–Crippen MR) is 60.8 cm³/mol. The van der Waals surface area contributed by atoms with Crippen LogP contribution >= 0.6 is 0 Å². The zero-order valence-corrected chi connectivity index (χ0v) is 8.93. The van der Waals surface area contributed by atoms with Crippen LogP contribution in [0.5, 0.6) is 0 Å². The van der Waals surface area contributed by atoms with Crippen LogP contribution in [0.15, 0.2) is 18.3 Å². The summed E-state index contributed by atoms with van der Waals surface area (Å²) in [7, 11) is 2.21. The molecule has 4 heteroatoms. The van der Waals surface area contributed by atoms with Gasteiger partial charge in [0.25, 0.3) is 0 Å². The minimum Gasteiger partial charge on any atom is -0.384 e. The van der Waals surface area contributed by atoms with E-state index in [4.69, 9.17) is 5.73 Å². The highest BCUT2D eigenvalue weighted by atomic mass is 15.3. The fourth-order valence-electron chi connectivity index (χ4n) is 2.75. The Morgan fingerprint density at radius 2 is 2.20 bits per heavy atom. The van der Waals surface area contributed by atoms with E-state index in [1.54, 1.807) is 0 Å². The lowest BCUT2D eigenvalue weighted by Crippen LogP contribution is -2.44. The van der Waals surface area contributed by atoms with Crippen LogP contribution < -0.4 is 10.6 Å². The summed E-state index contributed by atoms with van der Waals surface area (Å²) in [6.07, 6.45) is 3.18. The van der Waals surface area contributed by atoms with Gasteiger partial charge in [0.2, 0.25) is 0 Å². The van der Waals surface area contributed by atoms with Crippen LogP contribution in [0, 0.1) is 0 Å². The molecule has 2 bridgehead atoms. The largest absolute Gasteiger partial charge is 0.384 e. The van der Waals surface area contributed by atoms with Crippen molar-refractivity contribution in [3.05, 3.63) is 18.3 Å². The van der Waals surface area contributed by atoms with E-state index in [0.29, 0.717) is 11.9 Å². The van der Waals surface area contributed by atoms with E-state index in [1.807, 2.05) is 12.3 Å². The van der Waals surface area contributed by atoms with Gasteiger partial charge < -0.3 is 10.6 Å². The molecule has 3 heterocycles. The molecule has 0 aromatic carbocycles. The van der Waals surface area contributed by atoms with E-state index >= 15 is 0 Å². The Hall–Kier alpha value is -1.29. The molecule has 0 aliphatic carbocycles. The third-order valence-electron chi connectivity index (χ3n) is 3.62. The summed E-state index contributed by atoms with van der Waals surface area (Å²) in [4.78, 5) is 9.05. The Balaban J connectivity index is 1.83. The number of pyridine rings is 1. The normalized spacial score (nSPS) is 30.1. The molecule has 15 heavy (non-hydrogen) atoms. The summed E-state index contributed by atoms with van der Waals surface area (Å²) in [5.41, 5.74) is 6.80. The van der Waals surface area contributed by atoms with E-state index in [1.165, 1.54) is 18.7 Å². The SMILES string of the molecule is CN1C[C@@H]2C[C@H]1CN2c1ccc(N)nc1. The molecule has 2 N–H and O–H groups in total. The monoisotopic (exact) mass is 204 g/mol. The Kier molecular flexibility index (Phi) is 1.85. The van der Waals surface area contributed by atoms with E-state index in [2.05, 4.69) is 27.9 Å². The summed E-state index contributed by atoms with van der Waals surface area (Å²) in [6, 6.07) is 5.35. The van der Waals surface area contributed by atoms with Crippen LogP contribution in [0.3, 0.4) is 0 Å². The first-order chi connectivity index (χ1) is 7.24. The van der Waals surface area contributed by atoms with Gasteiger partial charge in [-0.15, -0.1) is 0 Å². The number of anilines is 2. The van der Waals surface area contributed by atoms with Gasteiger partial charge in [-0.3, -0.25) is 4.90 Å². The average Bonchev–Trinajstić information content (AvgIpc) is 2.77. The van der Waals surface area contributed by atoms with Gasteiger partial charge in [-0.1, -0.05) is 0 Å². The molecule has 0 spiro atoms. The number of nitrogens with zero attached hydrogens (tertiary/aromatic N) is 3. The van der Waals surface area contributed by atoms with Crippen molar-refractivity contribution in [2.24, 2.45) is 0 Å². The van der Waals surface area contributed by atoms with Gasteiger partial charge >= 0.3 is 0 Å². The smallest absolute Gasteiger partial charge is 0.123 e. The summed E-state index contributed by atoms with van der Waals surface area (Å²) in [5, 5.41) is 0. The van der Waals surface area contributed by atoms with Crippen LogP contribution in [0.4, 0.5) is 11.5 Å². The van der Waals surface area contributed by atoms with Crippen molar-refractivity contribution in [3.8, 4) is 0 Å². The molecule has 2 atom stereocenters. The number of nitrogens with two attached hydrogens (primary N) is 1. The van der Waals surface area contributed by atoms with Crippen molar-refractivity contribution in [1.82, 2.24) is 9.88 Å². The first-order valence-corrected chi connectivity index (χ1v) is 5.42. The topological polar surface area (TPSA) is 45.4 Å². The molecule has 4 nitrogen and oxygen atoms in total. The number of nitrogen functional groups attached to an aromatic ring is 1. The Bertz CT molecular complexity index is 359. The maximum atomic E-state index is 5.59. The third kappa shape index (κ3) is 1.36. The van der Waals surface area contributed by atoms with Crippen LogP contribution in [-0.4, -0.2) is 42.1 Å². The molecule has 0 unspecified atom stereocenters. The third-order valence-corrected chi connectivity index (χ3v) is 3.62. The summed E-state index contributed by atoms with van der Waals surface area (Å²) >= 11 is 0. The van der Waals surface area contributed by atoms with Gasteiger partial charge in [0.15, 0.2) is 0 Å². The number of aromatic nitrogens is 1. The second-order valence-electron chi connectivity index (χ2n) is 4.58. The molecule has 2 aliphatic rings. The van der Waals surface area contributed by atoms with Gasteiger partial charge in [-0.25, -0.2) is 4.98 Å². The average molecular weight is 204 g/mol. The number of fused-ring (bicyclic) bond motifs is 2. The summed E-state index contributed by atoms with van der Waals surface area (Å²) in [5.74, 6) is 0.597. The Morgan fingerprint density at radius 1 is 1.33 bits per heavy atom. The fraction of sp³-hybridized carbons (Fsp3) is 0.545. The Morgan fingerprint density at radius 3 is 2.73 bits per heavy atom. The number of rotatable bonds is 1. The molecule has 2 saturated heterocycles. The predicted octanol–water partition coefficient (Wildman–Crippen LogP) is 0.556. The van der Waals surface area contributed by atoms with E-state index in [9.17, 15) is 0 Å².